The first kappa shape index (κ1) is 16.0. The summed E-state index contributed by atoms with van der Waals surface area (Å²) < 4.78 is 18.1. The molecular formula is C14H23BN2O4. The molecule has 0 N–H and O–H groups in total. The molecular weight excluding hydrogens is 271 g/mol. The average molecular weight is 294 g/mol. The molecule has 0 radical (unpaired) electrons. The van der Waals surface area contributed by atoms with E-state index in [-0.39, 0.29) is 23.9 Å². The van der Waals surface area contributed by atoms with E-state index >= 15 is 0 Å². The maximum atomic E-state index is 9.60. The average Bonchev–Trinajstić information content (AvgIpc) is 2.79. The molecule has 21 heavy (non-hydrogen) atoms. The molecule has 0 unspecified atom stereocenters. The highest BCUT2D eigenvalue weighted by Crippen LogP contribution is 2.37. The summed E-state index contributed by atoms with van der Waals surface area (Å²) in [5.41, 5.74) is 0.244. The Kier molecular flexibility index (Phi) is 3.70. The number of hydrogen-bond acceptors (Lipinski definition) is 5. The number of nitrogens with zero attached hydrogens (tertiary/aromatic N) is 2. The van der Waals surface area contributed by atoms with Gasteiger partial charge in [-0.05, 0) is 48.5 Å². The van der Waals surface area contributed by atoms with Crippen LogP contribution in [0.3, 0.4) is 0 Å². The number of ether oxygens (including phenoxy) is 1. The highest BCUT2D eigenvalue weighted by Gasteiger charge is 2.54. The smallest absolute Gasteiger partial charge is 0.462 e. The predicted molar refractivity (Wildman–Crippen MR) is 79.7 cm³/mol. The summed E-state index contributed by atoms with van der Waals surface area (Å²) in [7, 11) is -0.238. The molecule has 1 fully saturated rings. The third-order valence-electron chi connectivity index (χ3n) is 3.81. The summed E-state index contributed by atoms with van der Waals surface area (Å²) in [5.74, 6) is 1.02. The van der Waals surface area contributed by atoms with Crippen LogP contribution in [0, 0.1) is 0 Å². The lowest BCUT2D eigenvalue weighted by atomic mass is 9.79. The van der Waals surface area contributed by atoms with E-state index < -0.39 is 0 Å². The Balaban J connectivity index is 0.000000199. The zero-order chi connectivity index (χ0) is 16.1. The molecule has 0 aromatic rings. The summed E-state index contributed by atoms with van der Waals surface area (Å²) >= 11 is 0. The summed E-state index contributed by atoms with van der Waals surface area (Å²) in [6, 6.07) is 0. The van der Waals surface area contributed by atoms with E-state index in [1.54, 1.807) is 0 Å². The van der Waals surface area contributed by atoms with Crippen LogP contribution in [0.25, 0.3) is 5.82 Å². The number of hydrogen-bond donors (Lipinski definition) is 0. The molecule has 0 bridgehead atoms. The fourth-order valence-electron chi connectivity index (χ4n) is 1.76. The van der Waals surface area contributed by atoms with Gasteiger partial charge in [-0.15, -0.1) is 5.10 Å². The van der Waals surface area contributed by atoms with Crippen LogP contribution in [0.4, 0.5) is 0 Å². The Morgan fingerprint density at radius 2 is 1.76 bits per heavy atom. The van der Waals surface area contributed by atoms with E-state index in [2.05, 4.69) is 37.5 Å². The second-order valence-corrected chi connectivity index (χ2v) is 7.27. The van der Waals surface area contributed by atoms with Crippen LogP contribution < -0.4 is 5.46 Å². The van der Waals surface area contributed by atoms with Crippen molar-refractivity contribution < 1.29 is 18.8 Å². The molecule has 0 spiro atoms. The van der Waals surface area contributed by atoms with Crippen LogP contribution in [-0.2, 0) is 18.8 Å². The first-order chi connectivity index (χ1) is 9.47. The summed E-state index contributed by atoms with van der Waals surface area (Å²) in [6.07, 6.45) is 1.96. The molecule has 7 heteroatoms. The lowest BCUT2D eigenvalue weighted by Crippen LogP contribution is -2.41. The topological polar surface area (TPSA) is 62.6 Å². The van der Waals surface area contributed by atoms with Crippen molar-refractivity contribution >= 4 is 19.1 Å². The third-order valence-corrected chi connectivity index (χ3v) is 3.81. The van der Waals surface area contributed by atoms with Crippen LogP contribution in [0.15, 0.2) is 6.20 Å². The van der Waals surface area contributed by atoms with Crippen molar-refractivity contribution in [3.8, 4) is 5.82 Å². The maximum absolute atomic E-state index is 9.60. The molecule has 3 rings (SSSR count). The van der Waals surface area contributed by atoms with Gasteiger partial charge in [-0.1, -0.05) is 0 Å². The monoisotopic (exact) mass is 294 g/mol. The SMILES string of the molecule is CC(C)(C)OC=O.CC1(C)OB(c2cn3nc2-3)OC1(C)C. The fraction of sp³-hybridized carbons (Fsp3) is 0.714. The molecule has 0 aromatic carbocycles. The van der Waals surface area contributed by atoms with Gasteiger partial charge < -0.3 is 14.0 Å². The minimum atomic E-state index is -0.318. The largest absolute Gasteiger partial charge is 0.500 e. The maximum Gasteiger partial charge on any atom is 0.500 e. The number of carbonyl (C=O) groups excluding carboxylic acids is 1. The van der Waals surface area contributed by atoms with E-state index in [1.165, 1.54) is 0 Å². The van der Waals surface area contributed by atoms with Gasteiger partial charge in [0, 0.05) is 11.7 Å². The Hall–Kier alpha value is -1.34. The number of fused-ring (bicyclic) bond motifs is 1. The molecule has 6 nitrogen and oxygen atoms in total. The Morgan fingerprint density at radius 3 is 2.00 bits per heavy atom. The number of carbonyl (C=O) groups is 1. The van der Waals surface area contributed by atoms with Gasteiger partial charge in [0.15, 0.2) is 5.82 Å². The van der Waals surface area contributed by atoms with Crippen LogP contribution >= 0.6 is 0 Å². The molecule has 1 saturated heterocycles. The van der Waals surface area contributed by atoms with Gasteiger partial charge in [0.2, 0.25) is 0 Å². The predicted octanol–water partition coefficient (Wildman–Crippen LogP) is 1.44. The molecule has 0 saturated carbocycles. The van der Waals surface area contributed by atoms with Crippen molar-refractivity contribution in [3.63, 3.8) is 0 Å². The highest BCUT2D eigenvalue weighted by molar-refractivity contribution is 6.64. The standard InChI is InChI=1S/C9H13BN2O2.C5H10O2/c1-8(2)9(3,4)14-10(13-8)6-5-12-7(6)11-12;1-5(2,3)7-4-6/h5H,1-4H3;4H,1-3H3. The lowest BCUT2D eigenvalue weighted by molar-refractivity contribution is -0.138. The summed E-state index contributed by atoms with van der Waals surface area (Å²) in [4.78, 5) is 9.60. The van der Waals surface area contributed by atoms with E-state index in [0.717, 1.165) is 11.3 Å². The molecule has 0 aliphatic carbocycles. The van der Waals surface area contributed by atoms with Crippen LogP contribution in [0.5, 0.6) is 0 Å². The molecule has 0 atom stereocenters. The fourth-order valence-corrected chi connectivity index (χ4v) is 1.76. The van der Waals surface area contributed by atoms with Crippen molar-refractivity contribution in [2.75, 3.05) is 0 Å². The van der Waals surface area contributed by atoms with Crippen LogP contribution in [0.1, 0.15) is 48.5 Å². The first-order valence-electron chi connectivity index (χ1n) is 7.04. The normalized spacial score (nSPS) is 20.6. The van der Waals surface area contributed by atoms with E-state index in [4.69, 9.17) is 9.31 Å². The van der Waals surface area contributed by atoms with E-state index in [9.17, 15) is 4.79 Å². The van der Waals surface area contributed by atoms with Crippen molar-refractivity contribution in [3.05, 3.63) is 6.20 Å². The van der Waals surface area contributed by atoms with Gasteiger partial charge in [0.05, 0.1) is 11.2 Å². The Bertz CT molecular complexity index is 530. The first-order valence-corrected chi connectivity index (χ1v) is 7.04. The Labute approximate surface area is 125 Å². The zero-order valence-electron chi connectivity index (χ0n) is 13.8. The molecule has 3 heterocycles. The molecule has 3 aliphatic heterocycles. The van der Waals surface area contributed by atoms with Gasteiger partial charge >= 0.3 is 7.12 Å². The quantitative estimate of drug-likeness (QED) is 0.619. The molecule has 0 aromatic heterocycles. The minimum Gasteiger partial charge on any atom is -0.462 e. The minimum absolute atomic E-state index is 0.238. The lowest BCUT2D eigenvalue weighted by Gasteiger charge is -2.32. The highest BCUT2D eigenvalue weighted by atomic mass is 16.7. The second-order valence-electron chi connectivity index (χ2n) is 7.27. The van der Waals surface area contributed by atoms with Crippen LogP contribution in [0.2, 0.25) is 0 Å². The van der Waals surface area contributed by atoms with Crippen LogP contribution in [-0.4, -0.2) is 40.2 Å². The van der Waals surface area contributed by atoms with Gasteiger partial charge in [0.25, 0.3) is 6.47 Å². The summed E-state index contributed by atoms with van der Waals surface area (Å²) in [5, 5.41) is 4.09. The van der Waals surface area contributed by atoms with Crippen molar-refractivity contribution in [2.45, 2.75) is 65.3 Å². The van der Waals surface area contributed by atoms with E-state index in [1.807, 2.05) is 31.6 Å². The van der Waals surface area contributed by atoms with E-state index in [0.29, 0.717) is 6.47 Å². The Morgan fingerprint density at radius 1 is 1.24 bits per heavy atom. The van der Waals surface area contributed by atoms with Gasteiger partial charge in [-0.3, -0.25) is 4.79 Å². The molecule has 0 amide bonds. The number of aromatic nitrogens is 2. The number of rotatable bonds is 2. The third kappa shape index (κ3) is 3.29. The molecule has 3 aliphatic rings. The van der Waals surface area contributed by atoms with Crippen molar-refractivity contribution in [1.29, 1.82) is 0 Å². The summed E-state index contributed by atoms with van der Waals surface area (Å²) in [6.45, 7) is 14.1. The second kappa shape index (κ2) is 4.85. The van der Waals surface area contributed by atoms with Crippen molar-refractivity contribution in [1.82, 2.24) is 9.78 Å². The van der Waals surface area contributed by atoms with Crippen molar-refractivity contribution in [2.24, 2.45) is 0 Å². The molecule has 116 valence electrons. The van der Waals surface area contributed by atoms with Gasteiger partial charge in [-0.25, -0.2) is 4.68 Å². The van der Waals surface area contributed by atoms with Gasteiger partial charge in [0.1, 0.15) is 5.60 Å². The van der Waals surface area contributed by atoms with Gasteiger partial charge in [-0.2, -0.15) is 0 Å². The zero-order valence-corrected chi connectivity index (χ0v) is 13.8.